The van der Waals surface area contributed by atoms with Crippen molar-refractivity contribution in [3.63, 3.8) is 0 Å². The monoisotopic (exact) mass is 386 g/mol. The van der Waals surface area contributed by atoms with Gasteiger partial charge in [-0.25, -0.2) is 9.97 Å². The Labute approximate surface area is 169 Å². The summed E-state index contributed by atoms with van der Waals surface area (Å²) in [5.41, 5.74) is 14.8. The molecule has 0 fully saturated rings. The number of para-hydroxylation sites is 1. The van der Waals surface area contributed by atoms with Crippen molar-refractivity contribution in [1.29, 1.82) is 0 Å². The van der Waals surface area contributed by atoms with Crippen LogP contribution in [0.3, 0.4) is 0 Å². The van der Waals surface area contributed by atoms with Gasteiger partial charge < -0.3 is 10.5 Å². The fourth-order valence-electron chi connectivity index (χ4n) is 3.57. The summed E-state index contributed by atoms with van der Waals surface area (Å²) in [5, 5.41) is 0.963. The van der Waals surface area contributed by atoms with Crippen LogP contribution in [0.4, 0.5) is 11.4 Å². The lowest BCUT2D eigenvalue weighted by Gasteiger charge is -2.22. The van der Waals surface area contributed by atoms with Gasteiger partial charge in [0.1, 0.15) is 5.75 Å². The van der Waals surface area contributed by atoms with Gasteiger partial charge in [-0.2, -0.15) is 0 Å². The van der Waals surface area contributed by atoms with E-state index in [4.69, 9.17) is 20.3 Å². The minimum absolute atomic E-state index is 0.499. The summed E-state index contributed by atoms with van der Waals surface area (Å²) < 4.78 is 5.82. The largest absolute Gasteiger partial charge is 0.496 e. The highest BCUT2D eigenvalue weighted by molar-refractivity contribution is 6.00. The molecular formula is C23H22N4O2. The van der Waals surface area contributed by atoms with Crippen molar-refractivity contribution in [2.24, 2.45) is 0 Å². The van der Waals surface area contributed by atoms with Crippen LogP contribution in [-0.2, 0) is 4.84 Å². The number of nitrogen functional groups attached to an aromatic ring is 1. The summed E-state index contributed by atoms with van der Waals surface area (Å²) >= 11 is 0. The second-order valence-electron chi connectivity index (χ2n) is 6.62. The van der Waals surface area contributed by atoms with Gasteiger partial charge in [-0.05, 0) is 18.6 Å². The quantitative estimate of drug-likeness (QED) is 0.377. The van der Waals surface area contributed by atoms with Crippen LogP contribution in [-0.4, -0.2) is 24.2 Å². The standard InChI is InChI=1S/C23H22N4O2/c1-14-21(27-29-3)20(24)19(18(22(14)28-2)15-9-5-4-6-10-15)23-25-13-16-11-7-8-12-17(16)26-23/h4-13,27H,24H2,1-3H3. The van der Waals surface area contributed by atoms with E-state index in [-0.39, 0.29) is 0 Å². The number of anilines is 2. The van der Waals surface area contributed by atoms with Gasteiger partial charge >= 0.3 is 0 Å². The lowest BCUT2D eigenvalue weighted by Crippen LogP contribution is -2.08. The molecule has 6 heteroatoms. The zero-order chi connectivity index (χ0) is 20.4. The number of hydrogen-bond acceptors (Lipinski definition) is 6. The molecule has 0 aliphatic rings. The second-order valence-corrected chi connectivity index (χ2v) is 6.62. The van der Waals surface area contributed by atoms with E-state index in [1.54, 1.807) is 14.2 Å². The van der Waals surface area contributed by atoms with Crippen molar-refractivity contribution >= 4 is 22.3 Å². The Bertz CT molecular complexity index is 1180. The number of rotatable bonds is 5. The van der Waals surface area contributed by atoms with E-state index in [0.717, 1.165) is 27.6 Å². The first-order chi connectivity index (χ1) is 14.2. The molecule has 0 bridgehead atoms. The molecule has 0 radical (unpaired) electrons. The summed E-state index contributed by atoms with van der Waals surface area (Å²) in [4.78, 5) is 14.6. The van der Waals surface area contributed by atoms with E-state index < -0.39 is 0 Å². The number of aromatic nitrogens is 2. The first-order valence-electron chi connectivity index (χ1n) is 9.22. The Hall–Kier alpha value is -3.64. The fraction of sp³-hybridized carbons (Fsp3) is 0.130. The smallest absolute Gasteiger partial charge is 0.162 e. The van der Waals surface area contributed by atoms with Crippen molar-refractivity contribution in [2.75, 3.05) is 25.4 Å². The van der Waals surface area contributed by atoms with Gasteiger partial charge in [-0.1, -0.05) is 48.5 Å². The number of hydrogen-bond donors (Lipinski definition) is 2. The average Bonchev–Trinajstić information content (AvgIpc) is 2.76. The second kappa shape index (κ2) is 7.77. The van der Waals surface area contributed by atoms with Crippen molar-refractivity contribution in [2.45, 2.75) is 6.92 Å². The normalized spacial score (nSPS) is 10.9. The molecule has 0 unspecified atom stereocenters. The van der Waals surface area contributed by atoms with E-state index in [2.05, 4.69) is 10.5 Å². The van der Waals surface area contributed by atoms with Crippen LogP contribution < -0.4 is 16.0 Å². The van der Waals surface area contributed by atoms with Gasteiger partial charge in [0.2, 0.25) is 0 Å². The van der Waals surface area contributed by atoms with Crippen LogP contribution in [0, 0.1) is 6.92 Å². The number of fused-ring (bicyclic) bond motifs is 1. The molecule has 0 aliphatic heterocycles. The molecule has 0 aliphatic carbocycles. The number of nitrogens with one attached hydrogen (secondary N) is 1. The Morgan fingerprint density at radius 2 is 1.66 bits per heavy atom. The molecule has 0 spiro atoms. The number of methoxy groups -OCH3 is 1. The van der Waals surface area contributed by atoms with Crippen LogP contribution in [0.2, 0.25) is 0 Å². The Balaban J connectivity index is 2.10. The summed E-state index contributed by atoms with van der Waals surface area (Å²) in [5.74, 6) is 1.22. The zero-order valence-corrected chi connectivity index (χ0v) is 16.6. The average molecular weight is 386 g/mol. The first kappa shape index (κ1) is 18.7. The summed E-state index contributed by atoms with van der Waals surface area (Å²) in [6, 6.07) is 17.8. The molecule has 4 rings (SSSR count). The van der Waals surface area contributed by atoms with Gasteiger partial charge in [0.05, 0.1) is 36.7 Å². The molecule has 1 heterocycles. The number of ether oxygens (including phenoxy) is 1. The lowest BCUT2D eigenvalue weighted by molar-refractivity contribution is 0.270. The third-order valence-corrected chi connectivity index (χ3v) is 4.91. The summed E-state index contributed by atoms with van der Waals surface area (Å²) in [6.45, 7) is 1.94. The minimum atomic E-state index is 0.499. The molecule has 3 N–H and O–H groups in total. The predicted octanol–water partition coefficient (Wildman–Crippen LogP) is 4.84. The van der Waals surface area contributed by atoms with Crippen molar-refractivity contribution < 1.29 is 9.57 Å². The number of benzene rings is 3. The Kier molecular flexibility index (Phi) is 5.01. The highest BCUT2D eigenvalue weighted by Gasteiger charge is 2.25. The van der Waals surface area contributed by atoms with Gasteiger partial charge in [-0.3, -0.25) is 10.3 Å². The summed E-state index contributed by atoms with van der Waals surface area (Å²) in [7, 11) is 3.19. The topological polar surface area (TPSA) is 82.3 Å². The third kappa shape index (κ3) is 3.23. The predicted molar refractivity (Wildman–Crippen MR) is 117 cm³/mol. The van der Waals surface area contributed by atoms with Crippen LogP contribution in [0.25, 0.3) is 33.4 Å². The first-order valence-corrected chi connectivity index (χ1v) is 9.22. The lowest BCUT2D eigenvalue weighted by atomic mass is 9.92. The van der Waals surface area contributed by atoms with E-state index >= 15 is 0 Å². The Morgan fingerprint density at radius 3 is 2.38 bits per heavy atom. The molecule has 0 saturated carbocycles. The molecule has 29 heavy (non-hydrogen) atoms. The van der Waals surface area contributed by atoms with E-state index in [1.165, 1.54) is 0 Å². The molecule has 146 valence electrons. The number of nitrogens with two attached hydrogens (primary N) is 1. The van der Waals surface area contributed by atoms with E-state index in [1.807, 2.05) is 67.7 Å². The highest BCUT2D eigenvalue weighted by atomic mass is 16.6. The molecule has 6 nitrogen and oxygen atoms in total. The minimum Gasteiger partial charge on any atom is -0.496 e. The maximum atomic E-state index is 6.63. The van der Waals surface area contributed by atoms with Gasteiger partial charge in [0.25, 0.3) is 0 Å². The van der Waals surface area contributed by atoms with Crippen LogP contribution >= 0.6 is 0 Å². The maximum Gasteiger partial charge on any atom is 0.162 e. The van der Waals surface area contributed by atoms with Crippen molar-refractivity contribution in [3.05, 3.63) is 66.4 Å². The zero-order valence-electron chi connectivity index (χ0n) is 16.6. The molecule has 4 aromatic rings. The highest BCUT2D eigenvalue weighted by Crippen LogP contribution is 2.48. The van der Waals surface area contributed by atoms with Gasteiger partial charge in [-0.15, -0.1) is 0 Å². The van der Waals surface area contributed by atoms with Crippen molar-refractivity contribution in [3.8, 4) is 28.3 Å². The van der Waals surface area contributed by atoms with Gasteiger partial charge in [0, 0.05) is 22.7 Å². The van der Waals surface area contributed by atoms with Gasteiger partial charge in [0.15, 0.2) is 5.82 Å². The molecular weight excluding hydrogens is 364 g/mol. The SMILES string of the molecule is CONc1c(C)c(OC)c(-c2ccccc2)c(-c2ncc3ccccc3n2)c1N. The molecule has 0 saturated heterocycles. The number of nitrogens with zero attached hydrogens (tertiary/aromatic N) is 2. The maximum absolute atomic E-state index is 6.63. The van der Waals surface area contributed by atoms with E-state index in [0.29, 0.717) is 28.5 Å². The van der Waals surface area contributed by atoms with Crippen LogP contribution in [0.1, 0.15) is 5.56 Å². The third-order valence-electron chi connectivity index (χ3n) is 4.91. The van der Waals surface area contributed by atoms with E-state index in [9.17, 15) is 0 Å². The Morgan fingerprint density at radius 1 is 0.931 bits per heavy atom. The summed E-state index contributed by atoms with van der Waals surface area (Å²) in [6.07, 6.45) is 1.81. The molecule has 1 aromatic heterocycles. The fourth-order valence-corrected chi connectivity index (χ4v) is 3.57. The molecule has 0 atom stereocenters. The van der Waals surface area contributed by atoms with Crippen LogP contribution in [0.15, 0.2) is 60.8 Å². The molecule has 0 amide bonds. The molecule has 3 aromatic carbocycles. The van der Waals surface area contributed by atoms with Crippen molar-refractivity contribution in [1.82, 2.24) is 9.97 Å². The van der Waals surface area contributed by atoms with Crippen LogP contribution in [0.5, 0.6) is 5.75 Å².